The number of rotatable bonds is 4. The molecule has 0 spiro atoms. The molecule has 2 N–H and O–H groups in total. The maximum atomic E-state index is 12.6. The zero-order valence-electron chi connectivity index (χ0n) is 20.3. The first-order valence-corrected chi connectivity index (χ1v) is 12.3. The highest BCUT2D eigenvalue weighted by Crippen LogP contribution is 2.57. The summed E-state index contributed by atoms with van der Waals surface area (Å²) in [6.45, 7) is 2.00. The van der Waals surface area contributed by atoms with Crippen molar-refractivity contribution in [2.24, 2.45) is 0 Å². The van der Waals surface area contributed by atoms with Gasteiger partial charge < -0.3 is 19.7 Å². The van der Waals surface area contributed by atoms with E-state index >= 15 is 0 Å². The third-order valence-corrected chi connectivity index (χ3v) is 7.42. The van der Waals surface area contributed by atoms with Gasteiger partial charge in [0.05, 0.1) is 19.6 Å². The van der Waals surface area contributed by atoms with E-state index in [0.29, 0.717) is 11.1 Å². The Morgan fingerprint density at radius 1 is 0.703 bits per heavy atom. The van der Waals surface area contributed by atoms with E-state index in [9.17, 15) is 19.8 Å². The molecule has 4 aromatic carbocycles. The first-order valence-electron chi connectivity index (χ1n) is 11.5. The molecular weight excluding hydrogens is 536 g/mol. The molecular formula is C30H23BrO6. The van der Waals surface area contributed by atoms with E-state index < -0.39 is 17.4 Å². The van der Waals surface area contributed by atoms with Gasteiger partial charge in [0.2, 0.25) is 0 Å². The lowest BCUT2D eigenvalue weighted by molar-refractivity contribution is 0.0588. The van der Waals surface area contributed by atoms with Gasteiger partial charge in [-0.1, -0.05) is 57.9 Å². The van der Waals surface area contributed by atoms with E-state index in [4.69, 9.17) is 9.47 Å². The fourth-order valence-corrected chi connectivity index (χ4v) is 5.65. The van der Waals surface area contributed by atoms with E-state index in [2.05, 4.69) is 28.1 Å². The standard InChI is InChI=1S/C30H23BrO6/c1-16-4-8-20-21-9-7-19(31)15-25(21)30(24(20)12-16,17-5-10-26(32)22(13-17)28(34)36-2)18-6-11-27(33)23(14-18)29(35)37-3/h4-15,32-33H,1-3H3. The Kier molecular flexibility index (Phi) is 6.04. The van der Waals surface area contributed by atoms with Gasteiger partial charge in [-0.2, -0.15) is 0 Å². The first-order chi connectivity index (χ1) is 17.7. The molecule has 0 atom stereocenters. The predicted octanol–water partition coefficient (Wildman–Crippen LogP) is 6.11. The summed E-state index contributed by atoms with van der Waals surface area (Å²) in [4.78, 5) is 25.2. The number of hydrogen-bond acceptors (Lipinski definition) is 6. The van der Waals surface area contributed by atoms with Gasteiger partial charge in [-0.3, -0.25) is 0 Å². The quantitative estimate of drug-likeness (QED) is 0.259. The van der Waals surface area contributed by atoms with Gasteiger partial charge in [0.25, 0.3) is 0 Å². The van der Waals surface area contributed by atoms with Gasteiger partial charge in [-0.25, -0.2) is 9.59 Å². The normalized spacial score (nSPS) is 13.0. The van der Waals surface area contributed by atoms with Crippen LogP contribution in [0.25, 0.3) is 11.1 Å². The van der Waals surface area contributed by atoms with Crippen molar-refractivity contribution in [3.05, 3.63) is 116 Å². The smallest absolute Gasteiger partial charge is 0.341 e. The van der Waals surface area contributed by atoms with Crippen LogP contribution < -0.4 is 0 Å². The van der Waals surface area contributed by atoms with Crippen molar-refractivity contribution in [1.29, 1.82) is 0 Å². The Balaban J connectivity index is 1.97. The number of ether oxygens (including phenoxy) is 2. The fourth-order valence-electron chi connectivity index (χ4n) is 5.28. The fraction of sp³-hybridized carbons (Fsp3) is 0.133. The maximum absolute atomic E-state index is 12.6. The van der Waals surface area contributed by atoms with E-state index in [0.717, 1.165) is 32.3 Å². The van der Waals surface area contributed by atoms with Crippen LogP contribution in [0.4, 0.5) is 0 Å². The highest BCUT2D eigenvalue weighted by atomic mass is 79.9. The highest BCUT2D eigenvalue weighted by Gasteiger charge is 2.47. The van der Waals surface area contributed by atoms with Crippen molar-refractivity contribution in [2.75, 3.05) is 14.2 Å². The summed E-state index contributed by atoms with van der Waals surface area (Å²) in [6.07, 6.45) is 0. The van der Waals surface area contributed by atoms with Gasteiger partial charge in [0.15, 0.2) is 0 Å². The molecule has 0 saturated heterocycles. The van der Waals surface area contributed by atoms with Gasteiger partial charge >= 0.3 is 11.9 Å². The summed E-state index contributed by atoms with van der Waals surface area (Å²) in [5.74, 6) is -1.76. The Morgan fingerprint density at radius 2 is 1.19 bits per heavy atom. The lowest BCUT2D eigenvalue weighted by Crippen LogP contribution is -2.29. The maximum Gasteiger partial charge on any atom is 0.341 e. The lowest BCUT2D eigenvalue weighted by atomic mass is 9.67. The van der Waals surface area contributed by atoms with Crippen LogP contribution in [-0.2, 0) is 14.9 Å². The summed E-state index contributed by atoms with van der Waals surface area (Å²) in [6, 6.07) is 21.9. The molecule has 7 heteroatoms. The third kappa shape index (κ3) is 3.69. The van der Waals surface area contributed by atoms with Gasteiger partial charge in [0.1, 0.15) is 22.6 Å². The molecule has 4 aromatic rings. The number of hydrogen-bond donors (Lipinski definition) is 2. The largest absolute Gasteiger partial charge is 0.507 e. The number of aryl methyl sites for hydroxylation is 1. The Hall–Kier alpha value is -4.10. The number of benzene rings is 4. The van der Waals surface area contributed by atoms with Crippen LogP contribution in [0.15, 0.2) is 77.3 Å². The van der Waals surface area contributed by atoms with Crippen molar-refractivity contribution in [3.8, 4) is 22.6 Å². The third-order valence-electron chi connectivity index (χ3n) is 6.92. The number of carbonyl (C=O) groups is 2. The second-order valence-corrected chi connectivity index (χ2v) is 9.85. The Morgan fingerprint density at radius 3 is 1.70 bits per heavy atom. The average Bonchev–Trinajstić information content (AvgIpc) is 3.17. The minimum absolute atomic E-state index is 0.0176. The molecule has 0 radical (unpaired) electrons. The molecule has 0 bridgehead atoms. The zero-order valence-corrected chi connectivity index (χ0v) is 21.9. The number of methoxy groups -OCH3 is 2. The number of fused-ring (bicyclic) bond motifs is 3. The van der Waals surface area contributed by atoms with Crippen LogP contribution >= 0.6 is 15.9 Å². The molecule has 37 heavy (non-hydrogen) atoms. The van der Waals surface area contributed by atoms with Crippen LogP contribution in [0.1, 0.15) is 48.5 Å². The number of halogens is 1. The molecule has 0 fully saturated rings. The van der Waals surface area contributed by atoms with E-state index in [1.54, 1.807) is 24.3 Å². The highest BCUT2D eigenvalue weighted by molar-refractivity contribution is 9.10. The second kappa shape index (κ2) is 9.09. The molecule has 6 nitrogen and oxygen atoms in total. The van der Waals surface area contributed by atoms with Crippen LogP contribution in [-0.4, -0.2) is 36.4 Å². The second-order valence-electron chi connectivity index (χ2n) is 8.94. The van der Waals surface area contributed by atoms with Crippen molar-refractivity contribution in [2.45, 2.75) is 12.3 Å². The van der Waals surface area contributed by atoms with Gasteiger partial charge in [0, 0.05) is 4.47 Å². The molecule has 5 rings (SSSR count). The van der Waals surface area contributed by atoms with Crippen LogP contribution in [0, 0.1) is 6.92 Å². The zero-order chi connectivity index (χ0) is 26.5. The first kappa shape index (κ1) is 24.6. The molecule has 0 aliphatic heterocycles. The molecule has 0 amide bonds. The monoisotopic (exact) mass is 558 g/mol. The molecule has 1 aliphatic rings. The molecule has 1 aliphatic carbocycles. The van der Waals surface area contributed by atoms with Crippen LogP contribution in [0.3, 0.4) is 0 Å². The van der Waals surface area contributed by atoms with Crippen molar-refractivity contribution in [3.63, 3.8) is 0 Å². The summed E-state index contributed by atoms with van der Waals surface area (Å²) in [5, 5.41) is 21.0. The van der Waals surface area contributed by atoms with Crippen molar-refractivity contribution >= 4 is 27.9 Å². The number of carbonyl (C=O) groups excluding carboxylic acids is 2. The molecule has 0 saturated carbocycles. The van der Waals surface area contributed by atoms with Crippen LogP contribution in [0.5, 0.6) is 11.5 Å². The van der Waals surface area contributed by atoms with Crippen molar-refractivity contribution in [1.82, 2.24) is 0 Å². The summed E-state index contributed by atoms with van der Waals surface area (Å²) >= 11 is 3.61. The van der Waals surface area contributed by atoms with Crippen LogP contribution in [0.2, 0.25) is 0 Å². The minimum atomic E-state index is -1.01. The SMILES string of the molecule is COC(=O)c1cc(C2(c3ccc(O)c(C(=O)OC)c3)c3cc(C)ccc3-c3ccc(Br)cc32)ccc1O. The van der Waals surface area contributed by atoms with Gasteiger partial charge in [-0.15, -0.1) is 0 Å². The summed E-state index contributed by atoms with van der Waals surface area (Å²) < 4.78 is 10.7. The molecule has 0 unspecified atom stereocenters. The summed E-state index contributed by atoms with van der Waals surface area (Å²) in [5.41, 5.74) is 5.22. The number of phenolic OH excluding ortho intramolecular Hbond substituents is 2. The minimum Gasteiger partial charge on any atom is -0.507 e. The van der Waals surface area contributed by atoms with Gasteiger partial charge in [-0.05, 0) is 76.7 Å². The van der Waals surface area contributed by atoms with E-state index in [-0.39, 0.29) is 22.6 Å². The average molecular weight is 559 g/mol. The Bertz CT molecular complexity index is 1470. The van der Waals surface area contributed by atoms with E-state index in [1.165, 1.54) is 26.4 Å². The van der Waals surface area contributed by atoms with E-state index in [1.807, 2.05) is 31.2 Å². The molecule has 186 valence electrons. The van der Waals surface area contributed by atoms with Crippen molar-refractivity contribution < 1.29 is 29.3 Å². The predicted molar refractivity (Wildman–Crippen MR) is 142 cm³/mol. The lowest BCUT2D eigenvalue weighted by Gasteiger charge is -2.34. The molecule has 0 heterocycles. The number of aromatic hydroxyl groups is 2. The topological polar surface area (TPSA) is 93.1 Å². The number of phenols is 2. The summed E-state index contributed by atoms with van der Waals surface area (Å²) in [7, 11) is 2.51. The number of esters is 2. The molecule has 0 aromatic heterocycles. The Labute approximate surface area is 222 Å².